The van der Waals surface area contributed by atoms with E-state index < -0.39 is 33.8 Å². The molecule has 0 heterocycles. The summed E-state index contributed by atoms with van der Waals surface area (Å²) in [7, 11) is -8.26. The molecule has 9 heteroatoms. The zero-order valence-electron chi connectivity index (χ0n) is 17.9. The summed E-state index contributed by atoms with van der Waals surface area (Å²) in [5, 5.41) is 2.91. The first-order valence-corrected chi connectivity index (χ1v) is 21.2. The maximum absolute atomic E-state index is 11.6. The predicted octanol–water partition coefficient (Wildman–Crippen LogP) is 4.56. The zero-order chi connectivity index (χ0) is 19.9. The van der Waals surface area contributed by atoms with Crippen molar-refractivity contribution in [2.45, 2.75) is 78.3 Å². The average molecular weight is 422 g/mol. The molecule has 0 aromatic rings. The van der Waals surface area contributed by atoms with Crippen molar-refractivity contribution in [3.8, 4) is 0 Å². The molecule has 0 bridgehead atoms. The van der Waals surface area contributed by atoms with Crippen molar-refractivity contribution < 1.29 is 17.1 Å². The van der Waals surface area contributed by atoms with Crippen LogP contribution in [0.2, 0.25) is 65.0 Å². The van der Waals surface area contributed by atoms with E-state index in [4.69, 9.17) is 12.3 Å². The van der Waals surface area contributed by atoms with E-state index in [-0.39, 0.29) is 5.91 Å². The number of rotatable bonds is 11. The van der Waals surface area contributed by atoms with Gasteiger partial charge in [0.25, 0.3) is 0 Å². The Labute approximate surface area is 159 Å². The van der Waals surface area contributed by atoms with Gasteiger partial charge >= 0.3 is 8.80 Å². The highest BCUT2D eigenvalue weighted by Gasteiger charge is 2.49. The molecule has 0 aliphatic heterocycles. The highest BCUT2D eigenvalue weighted by Crippen LogP contribution is 2.29. The number of allylic oxidation sites excluding steroid dienone is 1. The Morgan fingerprint density at radius 1 is 0.840 bits per heavy atom. The van der Waals surface area contributed by atoms with Gasteiger partial charge in [-0.25, -0.2) is 0 Å². The maximum Gasteiger partial charge on any atom is 0.469 e. The molecule has 1 N–H and O–H groups in total. The molecular weight excluding hydrogens is 383 g/mol. The van der Waals surface area contributed by atoms with Gasteiger partial charge in [0.1, 0.15) is 0 Å². The molecule has 0 spiro atoms. The third kappa shape index (κ3) is 13.8. The van der Waals surface area contributed by atoms with Crippen LogP contribution in [-0.4, -0.2) is 46.2 Å². The van der Waals surface area contributed by atoms with E-state index in [1.165, 1.54) is 0 Å². The lowest BCUT2D eigenvalue weighted by molar-refractivity contribution is -0.116. The first-order valence-electron chi connectivity index (χ1n) is 9.09. The minimum Gasteiger partial charge on any atom is -0.417 e. The van der Waals surface area contributed by atoms with Crippen LogP contribution in [0.5, 0.6) is 0 Å². The minimum atomic E-state index is -2.78. The Balaban J connectivity index is 5.26. The van der Waals surface area contributed by atoms with Crippen LogP contribution >= 0.6 is 0 Å². The van der Waals surface area contributed by atoms with Crippen LogP contribution in [0.15, 0.2) is 12.2 Å². The summed E-state index contributed by atoms with van der Waals surface area (Å²) < 4.78 is 19.8. The monoisotopic (exact) mass is 421 g/mol. The Kier molecular flexibility index (Phi) is 9.75. The molecule has 0 aliphatic carbocycles. The van der Waals surface area contributed by atoms with Gasteiger partial charge in [0.2, 0.25) is 5.91 Å². The molecule has 1 amide bonds. The molecule has 0 aliphatic rings. The van der Waals surface area contributed by atoms with Crippen LogP contribution in [0.3, 0.4) is 0 Å². The second-order valence-corrected chi connectivity index (χ2v) is 26.2. The molecule has 0 fully saturated rings. The molecule has 0 saturated carbocycles. The lowest BCUT2D eigenvalue weighted by Gasteiger charge is -2.43. The summed E-state index contributed by atoms with van der Waals surface area (Å²) in [6.45, 7) is 22.1. The van der Waals surface area contributed by atoms with Crippen LogP contribution in [0.25, 0.3) is 0 Å². The molecule has 0 aromatic carbocycles. The number of carbonyl (C=O) groups excluding carboxylic acids is 1. The van der Waals surface area contributed by atoms with Gasteiger partial charge in [-0.1, -0.05) is 6.08 Å². The van der Waals surface area contributed by atoms with Gasteiger partial charge in [-0.05, 0) is 78.3 Å². The van der Waals surface area contributed by atoms with Crippen molar-refractivity contribution in [2.75, 3.05) is 6.54 Å². The van der Waals surface area contributed by atoms with E-state index in [1.54, 1.807) is 12.2 Å². The van der Waals surface area contributed by atoms with Crippen molar-refractivity contribution in [3.05, 3.63) is 12.2 Å². The molecule has 0 unspecified atom stereocenters. The van der Waals surface area contributed by atoms with Crippen LogP contribution in [0.4, 0.5) is 0 Å². The summed E-state index contributed by atoms with van der Waals surface area (Å²) in [6.07, 6.45) is 4.08. The van der Waals surface area contributed by atoms with Crippen LogP contribution in [0, 0.1) is 0 Å². The Hall–Kier alpha value is -0.0425. The van der Waals surface area contributed by atoms with E-state index >= 15 is 0 Å². The Bertz CT molecular complexity index is 410. The summed E-state index contributed by atoms with van der Waals surface area (Å²) in [4.78, 5) is 11.6. The fraction of sp³-hybridized carbons (Fsp3) is 0.812. The minimum absolute atomic E-state index is 0.0573. The number of amides is 1. The van der Waals surface area contributed by atoms with Gasteiger partial charge in [-0.15, -0.1) is 0 Å². The van der Waals surface area contributed by atoms with Gasteiger partial charge in [0, 0.05) is 12.6 Å². The van der Waals surface area contributed by atoms with Gasteiger partial charge in [0.15, 0.2) is 25.0 Å². The number of nitrogens with one attached hydrogen (secondary N) is 1. The Morgan fingerprint density at radius 3 is 1.56 bits per heavy atom. The van der Waals surface area contributed by atoms with E-state index in [2.05, 4.69) is 64.2 Å². The maximum atomic E-state index is 11.6. The van der Waals surface area contributed by atoms with Crippen molar-refractivity contribution in [1.29, 1.82) is 0 Å². The van der Waals surface area contributed by atoms with E-state index in [0.29, 0.717) is 6.54 Å². The summed E-state index contributed by atoms with van der Waals surface area (Å²) in [6, 6.07) is 0.752. The van der Waals surface area contributed by atoms with Crippen molar-refractivity contribution in [1.82, 2.24) is 5.32 Å². The highest BCUT2D eigenvalue weighted by atomic mass is 28.5. The number of hydrogen-bond donors (Lipinski definition) is 1. The standard InChI is InChI=1S/C16H39NO4Si4/c1-11-13-16(18)17-14-12-15-25(19-22(2,3)4,20-23(5,6)7)21-24(8,9)10/h11,13H,12,14-15H2,1-10H3,(H,17,18). The lowest BCUT2D eigenvalue weighted by atomic mass is 10.4. The van der Waals surface area contributed by atoms with Crippen LogP contribution in [-0.2, 0) is 17.1 Å². The quantitative estimate of drug-likeness (QED) is 0.302. The molecule has 0 radical (unpaired) electrons. The molecule has 0 rings (SSSR count). The third-order valence-electron chi connectivity index (χ3n) is 2.66. The molecular formula is C16H39NO4Si4. The molecule has 148 valence electrons. The summed E-state index contributed by atoms with van der Waals surface area (Å²) in [5.41, 5.74) is 0. The summed E-state index contributed by atoms with van der Waals surface area (Å²) >= 11 is 0. The molecule has 0 aromatic heterocycles. The SMILES string of the molecule is CC=CC(=O)NCCC[Si](O[Si](C)(C)C)(O[Si](C)(C)C)O[Si](C)(C)C. The molecule has 0 atom stereocenters. The van der Waals surface area contributed by atoms with E-state index in [1.807, 2.05) is 6.92 Å². The topological polar surface area (TPSA) is 56.8 Å². The van der Waals surface area contributed by atoms with Crippen LogP contribution < -0.4 is 5.32 Å². The molecule has 25 heavy (non-hydrogen) atoms. The fourth-order valence-corrected chi connectivity index (χ4v) is 17.0. The van der Waals surface area contributed by atoms with Crippen molar-refractivity contribution in [2.24, 2.45) is 0 Å². The first-order chi connectivity index (χ1) is 11.1. The Morgan fingerprint density at radius 2 is 1.24 bits per heavy atom. The van der Waals surface area contributed by atoms with Gasteiger partial charge in [0.05, 0.1) is 0 Å². The highest BCUT2D eigenvalue weighted by molar-refractivity contribution is 6.90. The lowest BCUT2D eigenvalue weighted by Crippen LogP contribution is -2.60. The van der Waals surface area contributed by atoms with E-state index in [0.717, 1.165) is 12.5 Å². The second-order valence-electron chi connectivity index (χ2n) is 9.22. The fourth-order valence-electron chi connectivity index (χ4n) is 2.34. The van der Waals surface area contributed by atoms with Gasteiger partial charge in [-0.3, -0.25) is 4.79 Å². The van der Waals surface area contributed by atoms with E-state index in [9.17, 15) is 4.79 Å². The number of carbonyl (C=O) groups is 1. The van der Waals surface area contributed by atoms with Crippen LogP contribution in [0.1, 0.15) is 13.3 Å². The average Bonchev–Trinajstić information content (AvgIpc) is 2.28. The molecule has 5 nitrogen and oxygen atoms in total. The largest absolute Gasteiger partial charge is 0.469 e. The van der Waals surface area contributed by atoms with Crippen molar-refractivity contribution >= 4 is 39.7 Å². The molecule has 0 saturated heterocycles. The zero-order valence-corrected chi connectivity index (χ0v) is 21.9. The predicted molar refractivity (Wildman–Crippen MR) is 116 cm³/mol. The smallest absolute Gasteiger partial charge is 0.417 e. The first kappa shape index (κ1) is 25.0. The van der Waals surface area contributed by atoms with Gasteiger partial charge < -0.3 is 17.7 Å². The van der Waals surface area contributed by atoms with Crippen molar-refractivity contribution in [3.63, 3.8) is 0 Å². The third-order valence-corrected chi connectivity index (χ3v) is 14.7. The van der Waals surface area contributed by atoms with Gasteiger partial charge in [-0.2, -0.15) is 0 Å². The summed E-state index contributed by atoms with van der Waals surface area (Å²) in [5.74, 6) is -0.0573. The second kappa shape index (κ2) is 9.77. The number of hydrogen-bond acceptors (Lipinski definition) is 4. The normalized spacial score (nSPS) is 14.2.